The van der Waals surface area contributed by atoms with Crippen molar-refractivity contribution in [2.75, 3.05) is 31.5 Å². The van der Waals surface area contributed by atoms with Crippen LogP contribution < -0.4 is 10.6 Å². The van der Waals surface area contributed by atoms with Gasteiger partial charge in [0.15, 0.2) is 0 Å². The summed E-state index contributed by atoms with van der Waals surface area (Å²) < 4.78 is 28.2. The van der Waals surface area contributed by atoms with Gasteiger partial charge in [-0.2, -0.15) is 0 Å². The summed E-state index contributed by atoms with van der Waals surface area (Å²) in [7, 11) is 0. The lowest BCUT2D eigenvalue weighted by molar-refractivity contribution is 0.0736. The Morgan fingerprint density at radius 3 is 2.52 bits per heavy atom. The highest BCUT2D eigenvalue weighted by Crippen LogP contribution is 2.26. The van der Waals surface area contributed by atoms with Gasteiger partial charge in [-0.3, -0.25) is 19.6 Å². The molecule has 7 nitrogen and oxygen atoms in total. The molecule has 3 aromatic rings. The predicted molar refractivity (Wildman–Crippen MR) is 111 cm³/mol. The minimum atomic E-state index is -0.742. The summed E-state index contributed by atoms with van der Waals surface area (Å²) >= 11 is 0. The maximum absolute atomic E-state index is 14.1. The van der Waals surface area contributed by atoms with E-state index in [2.05, 4.69) is 20.6 Å². The minimum Gasteiger partial charge on any atom is -0.336 e. The van der Waals surface area contributed by atoms with Crippen LogP contribution in [0.3, 0.4) is 0 Å². The molecule has 1 saturated heterocycles. The molecule has 0 saturated carbocycles. The fraction of sp³-hybridized carbons (Fsp3) is 0.182. The van der Waals surface area contributed by atoms with Crippen molar-refractivity contribution in [2.45, 2.75) is 0 Å². The maximum Gasteiger partial charge on any atom is 0.274 e. The van der Waals surface area contributed by atoms with E-state index in [0.717, 1.165) is 12.1 Å². The minimum absolute atomic E-state index is 0.0513. The zero-order chi connectivity index (χ0) is 21.8. The van der Waals surface area contributed by atoms with Gasteiger partial charge >= 0.3 is 0 Å². The van der Waals surface area contributed by atoms with E-state index in [1.54, 1.807) is 11.0 Å². The van der Waals surface area contributed by atoms with Crippen molar-refractivity contribution in [3.8, 4) is 11.1 Å². The van der Waals surface area contributed by atoms with Crippen molar-refractivity contribution >= 4 is 17.5 Å². The largest absolute Gasteiger partial charge is 0.336 e. The Morgan fingerprint density at radius 1 is 1.03 bits per heavy atom. The molecule has 3 heterocycles. The Hall–Kier alpha value is -3.72. The molecule has 1 fully saturated rings. The first kappa shape index (κ1) is 20.5. The van der Waals surface area contributed by atoms with E-state index in [-0.39, 0.29) is 28.4 Å². The Bertz CT molecular complexity index is 1110. The molecule has 2 N–H and O–H groups in total. The van der Waals surface area contributed by atoms with Gasteiger partial charge in [-0.05, 0) is 35.9 Å². The van der Waals surface area contributed by atoms with E-state index in [1.807, 2.05) is 0 Å². The van der Waals surface area contributed by atoms with Gasteiger partial charge in [0.05, 0.1) is 23.0 Å². The average molecular weight is 423 g/mol. The number of halogens is 2. The molecule has 1 aliphatic rings. The summed E-state index contributed by atoms with van der Waals surface area (Å²) in [5, 5.41) is 5.82. The molecule has 0 bridgehead atoms. The molecule has 158 valence electrons. The van der Waals surface area contributed by atoms with Gasteiger partial charge in [0.1, 0.15) is 17.3 Å². The number of pyridine rings is 2. The molecule has 0 unspecified atom stereocenters. The van der Waals surface area contributed by atoms with Gasteiger partial charge in [0.25, 0.3) is 11.8 Å². The van der Waals surface area contributed by atoms with Crippen molar-refractivity contribution < 1.29 is 18.4 Å². The van der Waals surface area contributed by atoms with Crippen molar-refractivity contribution in [2.24, 2.45) is 0 Å². The SMILES string of the molecule is O=C(Nc1cnccc1C(=O)N1CCNCC1)c1cc(-c2c(F)cccc2F)ccn1. The number of amides is 2. The second kappa shape index (κ2) is 8.97. The second-order valence-electron chi connectivity index (χ2n) is 6.94. The van der Waals surface area contributed by atoms with E-state index in [0.29, 0.717) is 31.7 Å². The number of nitrogens with one attached hydrogen (secondary N) is 2. The lowest BCUT2D eigenvalue weighted by Crippen LogP contribution is -2.46. The first-order valence-electron chi connectivity index (χ1n) is 9.70. The van der Waals surface area contributed by atoms with Crippen LogP contribution in [0.15, 0.2) is 55.0 Å². The summed E-state index contributed by atoms with van der Waals surface area (Å²) in [4.78, 5) is 35.4. The summed E-state index contributed by atoms with van der Waals surface area (Å²) in [5.41, 5.74) is 0.431. The number of hydrogen-bond donors (Lipinski definition) is 2. The predicted octanol–water partition coefficient (Wildman–Crippen LogP) is 2.72. The van der Waals surface area contributed by atoms with Crippen LogP contribution in [0.2, 0.25) is 0 Å². The highest BCUT2D eigenvalue weighted by molar-refractivity contribution is 6.08. The number of carbonyl (C=O) groups is 2. The average Bonchev–Trinajstić information content (AvgIpc) is 2.80. The van der Waals surface area contributed by atoms with E-state index in [9.17, 15) is 18.4 Å². The molecule has 4 rings (SSSR count). The molecule has 2 aromatic heterocycles. The van der Waals surface area contributed by atoms with Crippen molar-refractivity contribution in [3.63, 3.8) is 0 Å². The fourth-order valence-electron chi connectivity index (χ4n) is 3.39. The molecule has 2 amide bonds. The molecule has 1 aromatic carbocycles. The number of hydrogen-bond acceptors (Lipinski definition) is 5. The second-order valence-corrected chi connectivity index (χ2v) is 6.94. The molecular formula is C22H19F2N5O2. The number of benzene rings is 1. The van der Waals surface area contributed by atoms with E-state index in [1.165, 1.54) is 36.8 Å². The van der Waals surface area contributed by atoms with Crippen molar-refractivity contribution in [1.29, 1.82) is 0 Å². The molecule has 0 spiro atoms. The zero-order valence-corrected chi connectivity index (χ0v) is 16.4. The summed E-state index contributed by atoms with van der Waals surface area (Å²) in [5.74, 6) is -2.32. The van der Waals surface area contributed by atoms with Crippen LogP contribution in [0.4, 0.5) is 14.5 Å². The zero-order valence-electron chi connectivity index (χ0n) is 16.4. The van der Waals surface area contributed by atoms with E-state index in [4.69, 9.17) is 0 Å². The quantitative estimate of drug-likeness (QED) is 0.674. The number of nitrogens with zero attached hydrogens (tertiary/aromatic N) is 3. The number of aromatic nitrogens is 2. The van der Waals surface area contributed by atoms with Crippen LogP contribution in [0.1, 0.15) is 20.8 Å². The van der Waals surface area contributed by atoms with Gasteiger partial charge in [-0.25, -0.2) is 8.78 Å². The Morgan fingerprint density at radius 2 is 1.77 bits per heavy atom. The summed E-state index contributed by atoms with van der Waals surface area (Å²) in [6.07, 6.45) is 4.16. The summed E-state index contributed by atoms with van der Waals surface area (Å²) in [6, 6.07) is 7.80. The van der Waals surface area contributed by atoms with Gasteiger partial charge in [-0.15, -0.1) is 0 Å². The van der Waals surface area contributed by atoms with Gasteiger partial charge in [0, 0.05) is 38.6 Å². The topological polar surface area (TPSA) is 87.2 Å². The number of rotatable bonds is 4. The first-order chi connectivity index (χ1) is 15.0. The van der Waals surface area contributed by atoms with Crippen LogP contribution in [-0.2, 0) is 0 Å². The molecule has 9 heteroatoms. The maximum atomic E-state index is 14.1. The smallest absolute Gasteiger partial charge is 0.274 e. The van der Waals surface area contributed by atoms with Crippen LogP contribution in [-0.4, -0.2) is 52.9 Å². The molecule has 1 aliphatic heterocycles. The van der Waals surface area contributed by atoms with E-state index < -0.39 is 17.5 Å². The monoisotopic (exact) mass is 423 g/mol. The summed E-state index contributed by atoms with van der Waals surface area (Å²) in [6.45, 7) is 2.52. The first-order valence-corrected chi connectivity index (χ1v) is 9.70. The Balaban J connectivity index is 1.59. The third-order valence-electron chi connectivity index (χ3n) is 4.95. The molecular weight excluding hydrogens is 404 g/mol. The van der Waals surface area contributed by atoms with Crippen molar-refractivity contribution in [1.82, 2.24) is 20.2 Å². The van der Waals surface area contributed by atoms with Crippen LogP contribution in [0.5, 0.6) is 0 Å². The van der Waals surface area contributed by atoms with E-state index >= 15 is 0 Å². The van der Waals surface area contributed by atoms with Gasteiger partial charge in [-0.1, -0.05) is 6.07 Å². The van der Waals surface area contributed by atoms with Crippen LogP contribution >= 0.6 is 0 Å². The van der Waals surface area contributed by atoms with Crippen LogP contribution in [0, 0.1) is 11.6 Å². The number of piperazine rings is 1. The lowest BCUT2D eigenvalue weighted by atomic mass is 10.0. The van der Waals surface area contributed by atoms with Gasteiger partial charge < -0.3 is 15.5 Å². The van der Waals surface area contributed by atoms with Crippen LogP contribution in [0.25, 0.3) is 11.1 Å². The standard InChI is InChI=1S/C22H19F2N5O2/c23-16-2-1-3-17(24)20(16)14-4-7-27-18(12-14)21(30)28-19-13-26-6-5-15(19)22(31)29-10-8-25-9-11-29/h1-7,12-13,25H,8-11H2,(H,28,30). The Kier molecular flexibility index (Phi) is 5.94. The normalized spacial score (nSPS) is 13.7. The third kappa shape index (κ3) is 4.41. The molecule has 31 heavy (non-hydrogen) atoms. The Labute approximate surface area is 177 Å². The fourth-order valence-corrected chi connectivity index (χ4v) is 3.39. The molecule has 0 aliphatic carbocycles. The molecule has 0 atom stereocenters. The van der Waals surface area contributed by atoms with Gasteiger partial charge in [0.2, 0.25) is 0 Å². The highest BCUT2D eigenvalue weighted by Gasteiger charge is 2.22. The lowest BCUT2D eigenvalue weighted by Gasteiger charge is -2.28. The molecule has 0 radical (unpaired) electrons. The highest BCUT2D eigenvalue weighted by atomic mass is 19.1. The number of carbonyl (C=O) groups excluding carboxylic acids is 2. The number of anilines is 1. The third-order valence-corrected chi connectivity index (χ3v) is 4.95. The van der Waals surface area contributed by atoms with Crippen molar-refractivity contribution in [3.05, 3.63) is 77.9 Å².